The zero-order valence-corrected chi connectivity index (χ0v) is 7.21. The Morgan fingerprint density at radius 3 is 3.00 bits per heavy atom. The highest BCUT2D eigenvalue weighted by molar-refractivity contribution is 5.77. The van der Waals surface area contributed by atoms with Gasteiger partial charge in [0.25, 0.3) is 0 Å². The van der Waals surface area contributed by atoms with E-state index in [1.54, 1.807) is 19.2 Å². The first-order valence-corrected chi connectivity index (χ1v) is 3.96. The molecule has 0 fully saturated rings. The van der Waals surface area contributed by atoms with Crippen molar-refractivity contribution in [3.05, 3.63) is 35.8 Å². The van der Waals surface area contributed by atoms with Gasteiger partial charge in [-0.3, -0.25) is 0 Å². The third kappa shape index (κ3) is 1.55. The first-order valence-electron chi connectivity index (χ1n) is 3.96. The topological polar surface area (TPSA) is 22.4 Å². The van der Waals surface area contributed by atoms with Gasteiger partial charge in [-0.05, 0) is 24.3 Å². The van der Waals surface area contributed by atoms with Crippen molar-refractivity contribution in [1.29, 1.82) is 0 Å². The maximum atomic E-state index is 12.8. The fraction of sp³-hybridized carbons (Fsp3) is 0.200. The minimum absolute atomic E-state index is 0.253. The van der Waals surface area contributed by atoms with E-state index in [4.69, 9.17) is 9.15 Å². The minimum atomic E-state index is -0.253. The van der Waals surface area contributed by atoms with Crippen LogP contribution in [0.4, 0.5) is 4.39 Å². The molecular formula is C10H9FO2. The molecule has 68 valence electrons. The van der Waals surface area contributed by atoms with Gasteiger partial charge in [0.05, 0.1) is 0 Å². The number of hydrogen-bond donors (Lipinski definition) is 0. The Labute approximate surface area is 74.9 Å². The lowest BCUT2D eigenvalue weighted by Crippen LogP contribution is -1.81. The summed E-state index contributed by atoms with van der Waals surface area (Å²) in [5.41, 5.74) is 0.688. The van der Waals surface area contributed by atoms with Crippen molar-refractivity contribution in [2.75, 3.05) is 7.11 Å². The monoisotopic (exact) mass is 180 g/mol. The molecule has 0 unspecified atom stereocenters. The lowest BCUT2D eigenvalue weighted by molar-refractivity contribution is 0.166. The van der Waals surface area contributed by atoms with Crippen LogP contribution in [-0.2, 0) is 11.3 Å². The third-order valence-corrected chi connectivity index (χ3v) is 1.82. The number of hydrogen-bond acceptors (Lipinski definition) is 2. The van der Waals surface area contributed by atoms with Gasteiger partial charge in [-0.15, -0.1) is 0 Å². The summed E-state index contributed by atoms with van der Waals surface area (Å²) in [6.45, 7) is 0.413. The van der Waals surface area contributed by atoms with Gasteiger partial charge in [0, 0.05) is 12.5 Å². The van der Waals surface area contributed by atoms with Crippen LogP contribution in [0.1, 0.15) is 5.76 Å². The van der Waals surface area contributed by atoms with Gasteiger partial charge in [0.2, 0.25) is 0 Å². The van der Waals surface area contributed by atoms with Crippen molar-refractivity contribution in [3.8, 4) is 0 Å². The molecule has 0 aliphatic rings. The second-order valence-corrected chi connectivity index (χ2v) is 2.83. The van der Waals surface area contributed by atoms with Crippen molar-refractivity contribution < 1.29 is 13.5 Å². The zero-order valence-electron chi connectivity index (χ0n) is 7.21. The van der Waals surface area contributed by atoms with Crippen LogP contribution in [0.25, 0.3) is 11.0 Å². The average molecular weight is 180 g/mol. The molecule has 2 rings (SSSR count). The molecule has 0 spiro atoms. The number of ether oxygens (including phenoxy) is 1. The van der Waals surface area contributed by atoms with Crippen molar-refractivity contribution in [3.63, 3.8) is 0 Å². The molecule has 1 aromatic heterocycles. The van der Waals surface area contributed by atoms with E-state index >= 15 is 0 Å². The SMILES string of the molecule is COCc1cc2cc(F)ccc2o1. The normalized spacial score (nSPS) is 10.9. The Morgan fingerprint density at radius 1 is 1.38 bits per heavy atom. The van der Waals surface area contributed by atoms with E-state index in [2.05, 4.69) is 0 Å². The molecule has 0 aliphatic carbocycles. The quantitative estimate of drug-likeness (QED) is 0.709. The van der Waals surface area contributed by atoms with Crippen LogP contribution in [0, 0.1) is 5.82 Å². The van der Waals surface area contributed by atoms with Crippen LogP contribution in [0.15, 0.2) is 28.7 Å². The molecule has 2 aromatic rings. The summed E-state index contributed by atoms with van der Waals surface area (Å²) >= 11 is 0. The van der Waals surface area contributed by atoms with Gasteiger partial charge in [0.1, 0.15) is 23.8 Å². The molecule has 0 aliphatic heterocycles. The summed E-state index contributed by atoms with van der Waals surface area (Å²) in [4.78, 5) is 0. The van der Waals surface area contributed by atoms with Crippen LogP contribution in [0.5, 0.6) is 0 Å². The van der Waals surface area contributed by atoms with Gasteiger partial charge < -0.3 is 9.15 Å². The second kappa shape index (κ2) is 3.18. The van der Waals surface area contributed by atoms with E-state index in [9.17, 15) is 4.39 Å². The largest absolute Gasteiger partial charge is 0.459 e. The standard InChI is InChI=1S/C10H9FO2/c1-12-6-9-5-7-4-8(11)2-3-10(7)13-9/h2-5H,6H2,1H3. The molecule has 3 heteroatoms. The van der Waals surface area contributed by atoms with Crippen molar-refractivity contribution in [1.82, 2.24) is 0 Å². The summed E-state index contributed by atoms with van der Waals surface area (Å²) in [6, 6.07) is 6.21. The van der Waals surface area contributed by atoms with Gasteiger partial charge in [0.15, 0.2) is 0 Å². The molecule has 1 heterocycles. The van der Waals surface area contributed by atoms with Crippen molar-refractivity contribution in [2.24, 2.45) is 0 Å². The molecule has 0 bridgehead atoms. The maximum Gasteiger partial charge on any atom is 0.134 e. The summed E-state index contributed by atoms with van der Waals surface area (Å²) in [7, 11) is 1.59. The van der Waals surface area contributed by atoms with E-state index in [1.165, 1.54) is 12.1 Å². The van der Waals surface area contributed by atoms with Gasteiger partial charge in [-0.2, -0.15) is 0 Å². The highest BCUT2D eigenvalue weighted by Crippen LogP contribution is 2.20. The molecule has 0 N–H and O–H groups in total. The Hall–Kier alpha value is -1.35. The highest BCUT2D eigenvalue weighted by atomic mass is 19.1. The molecule has 0 saturated heterocycles. The van der Waals surface area contributed by atoms with E-state index in [0.29, 0.717) is 18.0 Å². The Kier molecular flexibility index (Phi) is 2.02. The third-order valence-electron chi connectivity index (χ3n) is 1.82. The Bertz CT molecular complexity index is 420. The van der Waals surface area contributed by atoms with Crippen LogP contribution >= 0.6 is 0 Å². The molecule has 0 atom stereocenters. The molecule has 0 saturated carbocycles. The predicted octanol–water partition coefficient (Wildman–Crippen LogP) is 2.72. The number of methoxy groups -OCH3 is 1. The first-order chi connectivity index (χ1) is 6.29. The minimum Gasteiger partial charge on any atom is -0.459 e. The van der Waals surface area contributed by atoms with Gasteiger partial charge in [-0.1, -0.05) is 0 Å². The van der Waals surface area contributed by atoms with Crippen molar-refractivity contribution in [2.45, 2.75) is 6.61 Å². The lowest BCUT2D eigenvalue weighted by atomic mass is 10.2. The van der Waals surface area contributed by atoms with Crippen molar-refractivity contribution >= 4 is 11.0 Å². The van der Waals surface area contributed by atoms with Crippen LogP contribution in [-0.4, -0.2) is 7.11 Å². The smallest absolute Gasteiger partial charge is 0.134 e. The lowest BCUT2D eigenvalue weighted by Gasteiger charge is -1.89. The van der Waals surface area contributed by atoms with E-state index in [0.717, 1.165) is 5.39 Å². The zero-order chi connectivity index (χ0) is 9.26. The van der Waals surface area contributed by atoms with Crippen LogP contribution in [0.2, 0.25) is 0 Å². The molecule has 1 aromatic carbocycles. The highest BCUT2D eigenvalue weighted by Gasteiger charge is 2.03. The number of halogens is 1. The van der Waals surface area contributed by atoms with Gasteiger partial charge in [-0.25, -0.2) is 4.39 Å². The Morgan fingerprint density at radius 2 is 2.23 bits per heavy atom. The van der Waals surface area contributed by atoms with Crippen LogP contribution in [0.3, 0.4) is 0 Å². The number of benzene rings is 1. The first kappa shape index (κ1) is 8.26. The Balaban J connectivity index is 2.49. The molecule has 0 radical (unpaired) electrons. The maximum absolute atomic E-state index is 12.8. The molecule has 0 amide bonds. The average Bonchev–Trinajstić information content (AvgIpc) is 2.46. The summed E-state index contributed by atoms with van der Waals surface area (Å²) in [5.74, 6) is 0.459. The fourth-order valence-electron chi connectivity index (χ4n) is 1.28. The van der Waals surface area contributed by atoms with Gasteiger partial charge >= 0.3 is 0 Å². The van der Waals surface area contributed by atoms with E-state index in [-0.39, 0.29) is 5.82 Å². The predicted molar refractivity (Wildman–Crippen MR) is 46.9 cm³/mol. The fourth-order valence-corrected chi connectivity index (χ4v) is 1.28. The molecular weight excluding hydrogens is 171 g/mol. The molecule has 2 nitrogen and oxygen atoms in total. The summed E-state index contributed by atoms with van der Waals surface area (Å²) in [6.07, 6.45) is 0. The van der Waals surface area contributed by atoms with E-state index in [1.807, 2.05) is 0 Å². The number of rotatable bonds is 2. The van der Waals surface area contributed by atoms with Crippen LogP contribution < -0.4 is 0 Å². The number of fused-ring (bicyclic) bond motifs is 1. The van der Waals surface area contributed by atoms with E-state index < -0.39 is 0 Å². The number of furan rings is 1. The summed E-state index contributed by atoms with van der Waals surface area (Å²) < 4.78 is 23.0. The second-order valence-electron chi connectivity index (χ2n) is 2.83. The molecule has 13 heavy (non-hydrogen) atoms. The summed E-state index contributed by atoms with van der Waals surface area (Å²) in [5, 5.41) is 0.770.